The number of aryl methyl sites for hydroxylation is 1. The van der Waals surface area contributed by atoms with Crippen LogP contribution in [0.5, 0.6) is 11.5 Å². The molecule has 3 aromatic rings. The van der Waals surface area contributed by atoms with Crippen LogP contribution in [0.1, 0.15) is 42.5 Å². The number of ether oxygens (including phenoxy) is 3. The van der Waals surface area contributed by atoms with E-state index in [-0.39, 0.29) is 11.1 Å². The van der Waals surface area contributed by atoms with E-state index in [1.54, 1.807) is 25.1 Å². The van der Waals surface area contributed by atoms with E-state index in [0.29, 0.717) is 36.0 Å². The number of hydrogen-bond acceptors (Lipinski definition) is 7. The second kappa shape index (κ2) is 8.75. The van der Waals surface area contributed by atoms with Crippen molar-refractivity contribution in [2.75, 3.05) is 26.4 Å². The lowest BCUT2D eigenvalue weighted by Crippen LogP contribution is -2.36. The van der Waals surface area contributed by atoms with E-state index < -0.39 is 36.7 Å². The van der Waals surface area contributed by atoms with Gasteiger partial charge in [0, 0.05) is 28.7 Å². The van der Waals surface area contributed by atoms with Crippen LogP contribution in [0.25, 0.3) is 5.69 Å². The van der Waals surface area contributed by atoms with Crippen LogP contribution in [-0.2, 0) is 9.53 Å². The molecular formula is C26H22N2O7. The number of imide groups is 1. The minimum Gasteiger partial charge on any atom is -0.486 e. The van der Waals surface area contributed by atoms with Gasteiger partial charge in [-0.15, -0.1) is 0 Å². The van der Waals surface area contributed by atoms with Gasteiger partial charge in [-0.25, -0.2) is 0 Å². The van der Waals surface area contributed by atoms with Crippen LogP contribution in [0.15, 0.2) is 48.5 Å². The van der Waals surface area contributed by atoms with Crippen LogP contribution in [0.3, 0.4) is 0 Å². The number of aromatic nitrogens is 1. The van der Waals surface area contributed by atoms with Crippen LogP contribution >= 0.6 is 0 Å². The third kappa shape index (κ3) is 3.95. The molecule has 0 radical (unpaired) electrons. The van der Waals surface area contributed by atoms with E-state index in [0.717, 1.165) is 16.3 Å². The van der Waals surface area contributed by atoms with Crippen LogP contribution in [0.4, 0.5) is 0 Å². The lowest BCUT2D eigenvalue weighted by atomic mass is 10.1. The van der Waals surface area contributed by atoms with Gasteiger partial charge in [0.1, 0.15) is 19.8 Å². The summed E-state index contributed by atoms with van der Waals surface area (Å²) in [5, 5.41) is 0. The van der Waals surface area contributed by atoms with Crippen LogP contribution < -0.4 is 9.47 Å². The average Bonchev–Trinajstić information content (AvgIpc) is 3.30. The van der Waals surface area contributed by atoms with Crippen molar-refractivity contribution in [3.8, 4) is 17.2 Å². The van der Waals surface area contributed by atoms with E-state index in [4.69, 9.17) is 14.2 Å². The third-order valence-corrected chi connectivity index (χ3v) is 6.05. The van der Waals surface area contributed by atoms with Gasteiger partial charge in [-0.1, -0.05) is 12.1 Å². The number of benzene rings is 2. The fourth-order valence-electron chi connectivity index (χ4n) is 4.39. The Balaban J connectivity index is 1.26. The molecule has 0 fully saturated rings. The number of ketones is 1. The minimum atomic E-state index is -0.839. The van der Waals surface area contributed by atoms with Crippen molar-refractivity contribution >= 4 is 23.6 Å². The predicted molar refractivity (Wildman–Crippen MR) is 123 cm³/mol. The zero-order chi connectivity index (χ0) is 24.7. The number of esters is 1. The first-order valence-corrected chi connectivity index (χ1v) is 11.1. The fraction of sp³-hybridized carbons (Fsp3) is 0.231. The third-order valence-electron chi connectivity index (χ3n) is 6.05. The van der Waals surface area contributed by atoms with Crippen molar-refractivity contribution in [3.05, 3.63) is 76.6 Å². The maximum Gasteiger partial charge on any atom is 0.326 e. The van der Waals surface area contributed by atoms with Gasteiger partial charge in [-0.2, -0.15) is 0 Å². The molecule has 178 valence electrons. The van der Waals surface area contributed by atoms with Gasteiger partial charge in [0.05, 0.1) is 11.1 Å². The smallest absolute Gasteiger partial charge is 0.326 e. The zero-order valence-corrected chi connectivity index (χ0v) is 19.2. The van der Waals surface area contributed by atoms with Gasteiger partial charge in [0.15, 0.2) is 18.1 Å². The molecule has 2 amide bonds. The minimum absolute atomic E-state index is 0.243. The summed E-state index contributed by atoms with van der Waals surface area (Å²) in [6.45, 7) is 3.57. The highest BCUT2D eigenvalue weighted by atomic mass is 16.6. The molecule has 2 aliphatic rings. The molecule has 5 rings (SSSR count). The Morgan fingerprint density at radius 2 is 1.57 bits per heavy atom. The first kappa shape index (κ1) is 22.4. The molecule has 3 heterocycles. The van der Waals surface area contributed by atoms with E-state index in [1.807, 2.05) is 29.7 Å². The molecule has 0 saturated carbocycles. The number of amides is 2. The van der Waals surface area contributed by atoms with Gasteiger partial charge < -0.3 is 18.8 Å². The van der Waals surface area contributed by atoms with Crippen molar-refractivity contribution in [3.63, 3.8) is 0 Å². The van der Waals surface area contributed by atoms with Gasteiger partial charge in [-0.05, 0) is 44.2 Å². The van der Waals surface area contributed by atoms with Gasteiger partial charge in [-0.3, -0.25) is 24.1 Å². The summed E-state index contributed by atoms with van der Waals surface area (Å²) in [7, 11) is 0. The number of nitrogens with zero attached hydrogens (tertiary/aromatic N) is 2. The molecule has 9 nitrogen and oxygen atoms in total. The lowest BCUT2D eigenvalue weighted by Gasteiger charge is -2.20. The van der Waals surface area contributed by atoms with E-state index in [1.165, 1.54) is 12.1 Å². The molecule has 0 aliphatic carbocycles. The molecule has 0 spiro atoms. The average molecular weight is 474 g/mol. The van der Waals surface area contributed by atoms with E-state index >= 15 is 0 Å². The fourth-order valence-corrected chi connectivity index (χ4v) is 4.39. The predicted octanol–water partition coefficient (Wildman–Crippen LogP) is 2.89. The molecule has 0 unspecified atom stereocenters. The molecule has 0 atom stereocenters. The quantitative estimate of drug-likeness (QED) is 0.307. The summed E-state index contributed by atoms with van der Waals surface area (Å²) in [6, 6.07) is 13.6. The number of carbonyl (C=O) groups is 4. The van der Waals surface area contributed by atoms with Gasteiger partial charge in [0.2, 0.25) is 5.78 Å². The van der Waals surface area contributed by atoms with Crippen LogP contribution in [0.2, 0.25) is 0 Å². The second-order valence-electron chi connectivity index (χ2n) is 8.27. The first-order valence-electron chi connectivity index (χ1n) is 11.1. The normalized spacial score (nSPS) is 14.2. The zero-order valence-electron chi connectivity index (χ0n) is 19.2. The van der Waals surface area contributed by atoms with Crippen molar-refractivity contribution in [2.45, 2.75) is 13.8 Å². The van der Waals surface area contributed by atoms with Crippen molar-refractivity contribution in [2.24, 2.45) is 0 Å². The van der Waals surface area contributed by atoms with Gasteiger partial charge >= 0.3 is 5.97 Å². The molecule has 0 bridgehead atoms. The van der Waals surface area contributed by atoms with Crippen molar-refractivity contribution in [1.82, 2.24) is 9.47 Å². The Morgan fingerprint density at radius 1 is 0.914 bits per heavy atom. The molecule has 1 aromatic heterocycles. The van der Waals surface area contributed by atoms with Gasteiger partial charge in [0.25, 0.3) is 11.8 Å². The van der Waals surface area contributed by atoms with E-state index in [9.17, 15) is 19.2 Å². The Bertz CT molecular complexity index is 1350. The molecule has 0 saturated heterocycles. The largest absolute Gasteiger partial charge is 0.486 e. The highest BCUT2D eigenvalue weighted by Gasteiger charge is 2.36. The monoisotopic (exact) mass is 474 g/mol. The highest BCUT2D eigenvalue weighted by molar-refractivity contribution is 6.22. The molecular weight excluding hydrogens is 452 g/mol. The van der Waals surface area contributed by atoms with Crippen molar-refractivity contribution < 1.29 is 33.4 Å². The highest BCUT2D eigenvalue weighted by Crippen LogP contribution is 2.33. The number of Topliss-reactive ketones (excluding diaryl/α,β-unsaturated/α-hetero) is 1. The maximum atomic E-state index is 12.9. The summed E-state index contributed by atoms with van der Waals surface area (Å²) in [5.74, 6) is -1.04. The van der Waals surface area contributed by atoms with E-state index in [2.05, 4.69) is 0 Å². The molecule has 0 N–H and O–H groups in total. The summed E-state index contributed by atoms with van der Waals surface area (Å²) in [4.78, 5) is 50.9. The standard InChI is InChI=1S/C26H22N2O7/c1-15-11-20(16(2)28(15)17-7-8-22-23(12-17)34-10-9-33-22)21(29)14-35-24(30)13-27-25(31)18-5-3-4-6-19(18)26(27)32/h3-8,11-12H,9-10,13-14H2,1-2H3. The number of hydrogen-bond donors (Lipinski definition) is 0. The summed E-state index contributed by atoms with van der Waals surface area (Å²) in [5.41, 5.74) is 3.21. The molecule has 35 heavy (non-hydrogen) atoms. The SMILES string of the molecule is Cc1cc(C(=O)COC(=O)CN2C(=O)c3ccccc3C2=O)c(C)n1-c1ccc2c(c1)OCCO2. The number of fused-ring (bicyclic) bond motifs is 2. The second-order valence-corrected chi connectivity index (χ2v) is 8.27. The lowest BCUT2D eigenvalue weighted by molar-refractivity contribution is -0.142. The van der Waals surface area contributed by atoms with Crippen LogP contribution in [-0.4, -0.2) is 59.4 Å². The number of carbonyl (C=O) groups excluding carboxylic acids is 4. The summed E-state index contributed by atoms with van der Waals surface area (Å²) >= 11 is 0. The Kier molecular flexibility index (Phi) is 5.60. The summed E-state index contributed by atoms with van der Waals surface area (Å²) < 4.78 is 18.3. The molecule has 2 aromatic carbocycles. The Morgan fingerprint density at radius 3 is 2.26 bits per heavy atom. The topological polar surface area (TPSA) is 104 Å². The van der Waals surface area contributed by atoms with Crippen molar-refractivity contribution in [1.29, 1.82) is 0 Å². The summed E-state index contributed by atoms with van der Waals surface area (Å²) in [6.07, 6.45) is 0. The first-order chi connectivity index (χ1) is 16.8. The number of rotatable bonds is 6. The molecule has 9 heteroatoms. The maximum absolute atomic E-state index is 12.9. The Hall–Kier alpha value is -4.40. The molecule has 2 aliphatic heterocycles. The Labute approximate surface area is 200 Å². The van der Waals surface area contributed by atoms with Crippen LogP contribution in [0, 0.1) is 13.8 Å².